The highest BCUT2D eigenvalue weighted by atomic mass is 32.2. The summed E-state index contributed by atoms with van der Waals surface area (Å²) >= 11 is 0.878. The van der Waals surface area contributed by atoms with Gasteiger partial charge in [-0.2, -0.15) is 4.31 Å². The molecule has 0 amide bonds. The van der Waals surface area contributed by atoms with Gasteiger partial charge < -0.3 is 14.8 Å². The second-order valence-electron chi connectivity index (χ2n) is 5.72. The van der Waals surface area contributed by atoms with E-state index in [1.165, 1.54) is 26.2 Å². The van der Waals surface area contributed by atoms with Gasteiger partial charge in [0.05, 0.1) is 37.0 Å². The fourth-order valence-corrected chi connectivity index (χ4v) is 5.56. The zero-order chi connectivity index (χ0) is 17.2. The summed E-state index contributed by atoms with van der Waals surface area (Å²) in [4.78, 5) is 12.0. The van der Waals surface area contributed by atoms with Crippen molar-refractivity contribution in [3.8, 4) is 0 Å². The Bertz CT molecular complexity index is 810. The van der Waals surface area contributed by atoms with E-state index in [2.05, 4.69) is 12.1 Å². The van der Waals surface area contributed by atoms with E-state index >= 15 is 0 Å². The molecule has 2 heterocycles. The zero-order valence-corrected chi connectivity index (χ0v) is 14.6. The van der Waals surface area contributed by atoms with Crippen molar-refractivity contribution in [3.05, 3.63) is 52.2 Å². The van der Waals surface area contributed by atoms with Crippen molar-refractivity contribution < 1.29 is 23.2 Å². The topological polar surface area (TPSA) is 81.9 Å². The molecule has 0 bridgehead atoms. The number of nitrogens with one attached hydrogen (secondary N) is 1. The molecule has 0 unspecified atom stereocenters. The number of thiophene rings is 1. The van der Waals surface area contributed by atoms with E-state index < -0.39 is 16.0 Å². The SMILES string of the molecule is O=C([O-])c1sccc1S(=O)(=O)N1CC[NH+](Cc2ccccc2)CC1. The molecule has 1 aliphatic rings. The maximum atomic E-state index is 12.7. The molecule has 0 spiro atoms. The lowest BCUT2D eigenvalue weighted by Gasteiger charge is -2.31. The van der Waals surface area contributed by atoms with Gasteiger partial charge in [0.25, 0.3) is 0 Å². The van der Waals surface area contributed by atoms with Crippen LogP contribution in [0.2, 0.25) is 0 Å². The third-order valence-electron chi connectivity index (χ3n) is 4.16. The van der Waals surface area contributed by atoms with Crippen LogP contribution < -0.4 is 10.0 Å². The van der Waals surface area contributed by atoms with Gasteiger partial charge in [0.15, 0.2) is 0 Å². The number of quaternary nitrogens is 1. The predicted octanol–water partition coefficient (Wildman–Crippen LogP) is -0.799. The Morgan fingerprint density at radius 2 is 1.83 bits per heavy atom. The van der Waals surface area contributed by atoms with Crippen molar-refractivity contribution in [1.29, 1.82) is 0 Å². The molecule has 1 aliphatic heterocycles. The van der Waals surface area contributed by atoms with Crippen LogP contribution in [-0.4, -0.2) is 44.9 Å². The number of carboxylic acid groups (broad SMARTS) is 1. The van der Waals surface area contributed by atoms with Crippen molar-refractivity contribution in [2.24, 2.45) is 0 Å². The summed E-state index contributed by atoms with van der Waals surface area (Å²) in [5.74, 6) is -1.45. The Morgan fingerprint density at radius 1 is 1.17 bits per heavy atom. The summed E-state index contributed by atoms with van der Waals surface area (Å²) in [6.07, 6.45) is 0. The number of nitrogens with zero attached hydrogens (tertiary/aromatic N) is 1. The average molecular weight is 366 g/mol. The maximum Gasteiger partial charge on any atom is 0.244 e. The second kappa shape index (κ2) is 7.02. The lowest BCUT2D eigenvalue weighted by atomic mass is 10.2. The molecule has 24 heavy (non-hydrogen) atoms. The fourth-order valence-electron chi connectivity index (χ4n) is 2.89. The Morgan fingerprint density at radius 3 is 2.46 bits per heavy atom. The smallest absolute Gasteiger partial charge is 0.244 e. The van der Waals surface area contributed by atoms with E-state index in [9.17, 15) is 18.3 Å². The number of aromatic carboxylic acids is 1. The van der Waals surface area contributed by atoms with Gasteiger partial charge in [-0.3, -0.25) is 0 Å². The lowest BCUT2D eigenvalue weighted by Crippen LogP contribution is -3.13. The van der Waals surface area contributed by atoms with Gasteiger partial charge in [-0.1, -0.05) is 30.3 Å². The van der Waals surface area contributed by atoms with Gasteiger partial charge in [0.2, 0.25) is 10.0 Å². The highest BCUT2D eigenvalue weighted by Crippen LogP contribution is 2.24. The summed E-state index contributed by atoms with van der Waals surface area (Å²) in [6.45, 7) is 3.01. The summed E-state index contributed by atoms with van der Waals surface area (Å²) in [7, 11) is -3.78. The number of sulfonamides is 1. The fraction of sp³-hybridized carbons (Fsp3) is 0.312. The lowest BCUT2D eigenvalue weighted by molar-refractivity contribution is -0.917. The predicted molar refractivity (Wildman–Crippen MR) is 88.3 cm³/mol. The first-order valence-electron chi connectivity index (χ1n) is 7.65. The van der Waals surface area contributed by atoms with Crippen molar-refractivity contribution in [2.45, 2.75) is 11.4 Å². The first-order valence-corrected chi connectivity index (χ1v) is 9.97. The molecule has 3 rings (SSSR count). The average Bonchev–Trinajstić information content (AvgIpc) is 3.07. The van der Waals surface area contributed by atoms with E-state index in [0.29, 0.717) is 26.2 Å². The molecule has 1 fully saturated rings. The Hall–Kier alpha value is -1.74. The number of rotatable bonds is 5. The number of benzene rings is 1. The van der Waals surface area contributed by atoms with Gasteiger partial charge in [0, 0.05) is 5.56 Å². The van der Waals surface area contributed by atoms with E-state index in [1.54, 1.807) is 0 Å². The minimum Gasteiger partial charge on any atom is -0.544 e. The molecule has 8 heteroatoms. The molecular weight excluding hydrogens is 348 g/mol. The normalized spacial score (nSPS) is 17.0. The second-order valence-corrected chi connectivity index (χ2v) is 8.54. The van der Waals surface area contributed by atoms with Crippen LogP contribution in [0.25, 0.3) is 0 Å². The van der Waals surface area contributed by atoms with E-state index in [1.807, 2.05) is 18.2 Å². The molecule has 0 saturated carbocycles. The van der Waals surface area contributed by atoms with Crippen molar-refractivity contribution in [2.75, 3.05) is 26.2 Å². The number of hydrogen-bond donors (Lipinski definition) is 1. The molecule has 0 atom stereocenters. The number of carbonyl (C=O) groups is 1. The monoisotopic (exact) mass is 366 g/mol. The quantitative estimate of drug-likeness (QED) is 0.751. The van der Waals surface area contributed by atoms with Crippen LogP contribution in [0.3, 0.4) is 0 Å². The molecule has 1 aromatic carbocycles. The van der Waals surface area contributed by atoms with Crippen LogP contribution in [0.1, 0.15) is 15.2 Å². The molecule has 1 N–H and O–H groups in total. The molecule has 1 aromatic heterocycles. The standard InChI is InChI=1S/C16H18N2O4S2/c19-16(20)15-14(6-11-23-15)24(21,22)18-9-7-17(8-10-18)12-13-4-2-1-3-5-13/h1-6,11H,7-10,12H2,(H,19,20). The summed E-state index contributed by atoms with van der Waals surface area (Å²) in [5.41, 5.74) is 1.22. The molecule has 6 nitrogen and oxygen atoms in total. The van der Waals surface area contributed by atoms with Gasteiger partial charge in [0.1, 0.15) is 11.4 Å². The third kappa shape index (κ3) is 3.51. The van der Waals surface area contributed by atoms with Gasteiger partial charge >= 0.3 is 0 Å². The van der Waals surface area contributed by atoms with Crippen molar-refractivity contribution in [3.63, 3.8) is 0 Å². The summed E-state index contributed by atoms with van der Waals surface area (Å²) < 4.78 is 26.7. The van der Waals surface area contributed by atoms with Gasteiger partial charge in [-0.05, 0) is 11.4 Å². The Balaban J connectivity index is 1.67. The largest absolute Gasteiger partial charge is 0.544 e. The van der Waals surface area contributed by atoms with Crippen LogP contribution in [0, 0.1) is 0 Å². The highest BCUT2D eigenvalue weighted by Gasteiger charge is 2.32. The maximum absolute atomic E-state index is 12.7. The van der Waals surface area contributed by atoms with Crippen LogP contribution in [-0.2, 0) is 16.6 Å². The van der Waals surface area contributed by atoms with Crippen LogP contribution in [0.5, 0.6) is 0 Å². The Kier molecular flexibility index (Phi) is 5.00. The van der Waals surface area contributed by atoms with Crippen molar-refractivity contribution >= 4 is 27.3 Å². The van der Waals surface area contributed by atoms with E-state index in [-0.39, 0.29) is 9.77 Å². The number of carboxylic acids is 1. The third-order valence-corrected chi connectivity index (χ3v) is 7.12. The first kappa shape index (κ1) is 17.1. The molecule has 0 aliphatic carbocycles. The van der Waals surface area contributed by atoms with Crippen LogP contribution in [0.4, 0.5) is 0 Å². The van der Waals surface area contributed by atoms with Gasteiger partial charge in [-0.25, -0.2) is 8.42 Å². The number of piperazine rings is 1. The number of carbonyl (C=O) groups excluding carboxylic acids is 1. The first-order chi connectivity index (χ1) is 11.5. The highest BCUT2D eigenvalue weighted by molar-refractivity contribution is 7.89. The van der Waals surface area contributed by atoms with E-state index in [4.69, 9.17) is 0 Å². The molecule has 1 saturated heterocycles. The Labute approximate surface area is 145 Å². The van der Waals surface area contributed by atoms with E-state index in [0.717, 1.165) is 17.9 Å². The molecule has 128 valence electrons. The van der Waals surface area contributed by atoms with Crippen molar-refractivity contribution in [1.82, 2.24) is 4.31 Å². The molecular formula is C16H18N2O4S2. The number of hydrogen-bond acceptors (Lipinski definition) is 5. The summed E-state index contributed by atoms with van der Waals surface area (Å²) in [6, 6.07) is 11.4. The van der Waals surface area contributed by atoms with Crippen LogP contribution in [0.15, 0.2) is 46.7 Å². The minimum atomic E-state index is -3.78. The molecule has 0 radical (unpaired) electrons. The zero-order valence-electron chi connectivity index (χ0n) is 13.0. The summed E-state index contributed by atoms with van der Waals surface area (Å²) in [5, 5.41) is 12.5. The van der Waals surface area contributed by atoms with Crippen LogP contribution >= 0.6 is 11.3 Å². The molecule has 2 aromatic rings. The van der Waals surface area contributed by atoms with Gasteiger partial charge in [-0.15, -0.1) is 11.3 Å². The minimum absolute atomic E-state index is 0.154.